The zero-order valence-corrected chi connectivity index (χ0v) is 9.68. The van der Waals surface area contributed by atoms with E-state index in [9.17, 15) is 0 Å². The minimum absolute atomic E-state index is 0.260. The quantitative estimate of drug-likeness (QED) is 0.272. The molecule has 1 fully saturated rings. The first-order chi connectivity index (χ1) is 7.20. The van der Waals surface area contributed by atoms with Crippen molar-refractivity contribution in [1.82, 2.24) is 10.7 Å². The van der Waals surface area contributed by atoms with Crippen LogP contribution in [-0.4, -0.2) is 32.3 Å². The Morgan fingerprint density at radius 3 is 2.67 bits per heavy atom. The van der Waals surface area contributed by atoms with Gasteiger partial charge in [-0.3, -0.25) is 10.4 Å². The lowest BCUT2D eigenvalue weighted by atomic mass is 9.83. The summed E-state index contributed by atoms with van der Waals surface area (Å²) in [7, 11) is 0. The van der Waals surface area contributed by atoms with Gasteiger partial charge in [-0.1, -0.05) is 6.92 Å². The average Bonchev–Trinajstić information content (AvgIpc) is 2.25. The van der Waals surface area contributed by atoms with Gasteiger partial charge >= 0.3 is 0 Å². The summed E-state index contributed by atoms with van der Waals surface area (Å²) in [6, 6.07) is 0. The maximum atomic E-state index is 5.35. The fourth-order valence-corrected chi connectivity index (χ4v) is 1.61. The largest absolute Gasteiger partial charge is 0.381 e. The molecule has 0 spiro atoms. The molecule has 15 heavy (non-hydrogen) atoms. The number of guanidine groups is 1. The van der Waals surface area contributed by atoms with Crippen molar-refractivity contribution in [3.05, 3.63) is 0 Å². The second-order valence-electron chi connectivity index (χ2n) is 4.26. The van der Waals surface area contributed by atoms with Gasteiger partial charge in [-0.05, 0) is 25.2 Å². The third kappa shape index (κ3) is 4.05. The van der Waals surface area contributed by atoms with Crippen LogP contribution in [0.15, 0.2) is 4.99 Å². The molecule has 0 aromatic carbocycles. The summed E-state index contributed by atoms with van der Waals surface area (Å²) in [6.07, 6.45) is 2.14. The fourth-order valence-electron chi connectivity index (χ4n) is 1.61. The van der Waals surface area contributed by atoms with Crippen LogP contribution in [0.3, 0.4) is 0 Å². The predicted molar refractivity (Wildman–Crippen MR) is 61.5 cm³/mol. The molecule has 1 rings (SSSR count). The Morgan fingerprint density at radius 1 is 1.47 bits per heavy atom. The number of nitrogens with zero attached hydrogens (tertiary/aromatic N) is 1. The molecule has 1 aliphatic heterocycles. The molecule has 0 amide bonds. The Hall–Kier alpha value is -0.810. The van der Waals surface area contributed by atoms with Crippen molar-refractivity contribution in [2.24, 2.45) is 16.3 Å². The van der Waals surface area contributed by atoms with Crippen LogP contribution in [-0.2, 0) is 4.74 Å². The first-order valence-electron chi connectivity index (χ1n) is 5.53. The van der Waals surface area contributed by atoms with Gasteiger partial charge in [-0.25, -0.2) is 5.84 Å². The Labute approximate surface area is 91.4 Å². The molecule has 1 heterocycles. The standard InChI is InChI=1S/C10H22N4O/c1-3-12-9(14-11)13-8-10(2)4-6-15-7-5-10/h3-8,11H2,1-2H3,(H2,12,13,14). The normalized spacial score (nSPS) is 21.1. The summed E-state index contributed by atoms with van der Waals surface area (Å²) in [5, 5.41) is 3.07. The molecule has 5 heteroatoms. The number of rotatable bonds is 3. The highest BCUT2D eigenvalue weighted by molar-refractivity contribution is 5.79. The van der Waals surface area contributed by atoms with Crippen molar-refractivity contribution in [2.75, 3.05) is 26.3 Å². The van der Waals surface area contributed by atoms with Crippen molar-refractivity contribution in [1.29, 1.82) is 0 Å². The van der Waals surface area contributed by atoms with Gasteiger partial charge in [0.15, 0.2) is 0 Å². The fraction of sp³-hybridized carbons (Fsp3) is 0.900. The molecule has 0 bridgehead atoms. The van der Waals surface area contributed by atoms with E-state index in [1.807, 2.05) is 6.92 Å². The third-order valence-corrected chi connectivity index (χ3v) is 2.80. The number of nitrogens with two attached hydrogens (primary N) is 1. The number of hydrazine groups is 1. The summed E-state index contributed by atoms with van der Waals surface area (Å²) in [6.45, 7) is 7.57. The number of hydrogen-bond donors (Lipinski definition) is 3. The summed E-state index contributed by atoms with van der Waals surface area (Å²) in [5.74, 6) is 6.02. The molecule has 4 N–H and O–H groups in total. The van der Waals surface area contributed by atoms with Gasteiger partial charge in [0.1, 0.15) is 0 Å². The Bertz CT molecular complexity index is 211. The second-order valence-corrected chi connectivity index (χ2v) is 4.26. The highest BCUT2D eigenvalue weighted by Gasteiger charge is 2.26. The van der Waals surface area contributed by atoms with E-state index in [0.29, 0.717) is 5.96 Å². The van der Waals surface area contributed by atoms with Crippen LogP contribution in [0, 0.1) is 5.41 Å². The Morgan fingerprint density at radius 2 is 2.13 bits per heavy atom. The Balaban J connectivity index is 2.44. The minimum atomic E-state index is 0.260. The van der Waals surface area contributed by atoms with E-state index in [0.717, 1.165) is 39.1 Å². The molecule has 5 nitrogen and oxygen atoms in total. The molecular formula is C10H22N4O. The highest BCUT2D eigenvalue weighted by Crippen LogP contribution is 2.29. The number of ether oxygens (including phenoxy) is 1. The molecule has 1 aliphatic rings. The van der Waals surface area contributed by atoms with Crippen LogP contribution in [0.1, 0.15) is 26.7 Å². The molecule has 0 radical (unpaired) electrons. The second kappa shape index (κ2) is 5.92. The van der Waals surface area contributed by atoms with Crippen molar-refractivity contribution in [3.8, 4) is 0 Å². The average molecular weight is 214 g/mol. The van der Waals surface area contributed by atoms with Gasteiger partial charge in [-0.15, -0.1) is 0 Å². The van der Waals surface area contributed by atoms with Gasteiger partial charge in [0.05, 0.1) is 0 Å². The lowest BCUT2D eigenvalue weighted by molar-refractivity contribution is 0.0283. The minimum Gasteiger partial charge on any atom is -0.381 e. The maximum Gasteiger partial charge on any atom is 0.205 e. The van der Waals surface area contributed by atoms with Crippen LogP contribution in [0.5, 0.6) is 0 Å². The van der Waals surface area contributed by atoms with Crippen LogP contribution in [0.25, 0.3) is 0 Å². The molecule has 0 aromatic rings. The van der Waals surface area contributed by atoms with E-state index in [1.165, 1.54) is 0 Å². The highest BCUT2D eigenvalue weighted by atomic mass is 16.5. The summed E-state index contributed by atoms with van der Waals surface area (Å²) >= 11 is 0. The molecule has 0 atom stereocenters. The molecule has 88 valence electrons. The molecule has 0 aromatic heterocycles. The van der Waals surface area contributed by atoms with E-state index in [-0.39, 0.29) is 5.41 Å². The first kappa shape index (κ1) is 12.3. The zero-order chi connectivity index (χ0) is 11.1. The zero-order valence-electron chi connectivity index (χ0n) is 9.68. The lowest BCUT2D eigenvalue weighted by Gasteiger charge is -2.32. The van der Waals surface area contributed by atoms with E-state index < -0.39 is 0 Å². The van der Waals surface area contributed by atoms with Crippen molar-refractivity contribution >= 4 is 5.96 Å². The van der Waals surface area contributed by atoms with E-state index in [1.54, 1.807) is 0 Å². The van der Waals surface area contributed by atoms with Crippen LogP contribution >= 0.6 is 0 Å². The SMILES string of the molecule is CCNC(=NCC1(C)CCOCC1)NN. The van der Waals surface area contributed by atoms with Crippen molar-refractivity contribution in [2.45, 2.75) is 26.7 Å². The number of hydrogen-bond acceptors (Lipinski definition) is 3. The van der Waals surface area contributed by atoms with Gasteiger partial charge in [0.25, 0.3) is 0 Å². The first-order valence-corrected chi connectivity index (χ1v) is 5.53. The Kier molecular flexibility index (Phi) is 4.84. The van der Waals surface area contributed by atoms with Crippen LogP contribution in [0.2, 0.25) is 0 Å². The summed E-state index contributed by atoms with van der Waals surface area (Å²) in [5.41, 5.74) is 2.83. The summed E-state index contributed by atoms with van der Waals surface area (Å²) < 4.78 is 5.34. The summed E-state index contributed by atoms with van der Waals surface area (Å²) in [4.78, 5) is 4.44. The van der Waals surface area contributed by atoms with Gasteiger partial charge in [-0.2, -0.15) is 0 Å². The molecule has 0 aliphatic carbocycles. The van der Waals surface area contributed by atoms with Gasteiger partial charge in [0, 0.05) is 26.3 Å². The number of aliphatic imine (C=N–C) groups is 1. The van der Waals surface area contributed by atoms with Gasteiger partial charge in [0.2, 0.25) is 5.96 Å². The van der Waals surface area contributed by atoms with Crippen LogP contribution in [0.4, 0.5) is 0 Å². The van der Waals surface area contributed by atoms with E-state index in [2.05, 4.69) is 22.7 Å². The van der Waals surface area contributed by atoms with Gasteiger partial charge < -0.3 is 10.1 Å². The predicted octanol–water partition coefficient (Wildman–Crippen LogP) is 0.232. The van der Waals surface area contributed by atoms with E-state index >= 15 is 0 Å². The smallest absolute Gasteiger partial charge is 0.205 e. The topological polar surface area (TPSA) is 71.7 Å². The monoisotopic (exact) mass is 214 g/mol. The van der Waals surface area contributed by atoms with Crippen molar-refractivity contribution in [3.63, 3.8) is 0 Å². The third-order valence-electron chi connectivity index (χ3n) is 2.80. The molecule has 0 saturated carbocycles. The van der Waals surface area contributed by atoms with Crippen LogP contribution < -0.4 is 16.6 Å². The molecular weight excluding hydrogens is 192 g/mol. The maximum absolute atomic E-state index is 5.35. The molecule has 1 saturated heterocycles. The van der Waals surface area contributed by atoms with Crippen molar-refractivity contribution < 1.29 is 4.74 Å². The molecule has 0 unspecified atom stereocenters. The number of nitrogens with one attached hydrogen (secondary N) is 2. The lowest BCUT2D eigenvalue weighted by Crippen LogP contribution is -2.42. The van der Waals surface area contributed by atoms with E-state index in [4.69, 9.17) is 10.6 Å².